The van der Waals surface area contributed by atoms with Crippen molar-refractivity contribution in [3.63, 3.8) is 0 Å². The van der Waals surface area contributed by atoms with Crippen LogP contribution in [0.2, 0.25) is 0 Å². The zero-order chi connectivity index (χ0) is 19.8. The van der Waals surface area contributed by atoms with E-state index in [-0.39, 0.29) is 11.5 Å². The number of hydrogen-bond donors (Lipinski definition) is 1. The second-order valence-electron chi connectivity index (χ2n) is 7.52. The van der Waals surface area contributed by atoms with Gasteiger partial charge in [-0.25, -0.2) is 0 Å². The summed E-state index contributed by atoms with van der Waals surface area (Å²) in [5, 5.41) is 7.07. The molecule has 0 radical (unpaired) electrons. The molecule has 2 aromatic rings. The van der Waals surface area contributed by atoms with Gasteiger partial charge in [-0.1, -0.05) is 44.1 Å². The third-order valence-corrected chi connectivity index (χ3v) is 4.79. The van der Waals surface area contributed by atoms with E-state index >= 15 is 0 Å². The fourth-order valence-corrected chi connectivity index (χ4v) is 3.35. The molecule has 2 aromatic carbocycles. The second-order valence-corrected chi connectivity index (χ2v) is 8.44. The van der Waals surface area contributed by atoms with Crippen LogP contribution in [0.25, 0.3) is 0 Å². The van der Waals surface area contributed by atoms with Crippen molar-refractivity contribution in [2.45, 2.75) is 44.9 Å². The Hall–Kier alpha value is -2.02. The molecule has 0 spiro atoms. The van der Waals surface area contributed by atoms with Crippen LogP contribution in [-0.2, 0) is 16.4 Å². The van der Waals surface area contributed by atoms with Crippen molar-refractivity contribution >= 4 is 31.9 Å². The molecule has 7 heteroatoms. The summed E-state index contributed by atoms with van der Waals surface area (Å²) < 4.78 is 39.8. The van der Waals surface area contributed by atoms with Gasteiger partial charge in [0, 0.05) is 17.8 Å². The first-order chi connectivity index (χ1) is 12.5. The lowest BCUT2D eigenvalue weighted by atomic mass is 9.84. The molecule has 27 heavy (non-hydrogen) atoms. The van der Waals surface area contributed by atoms with Gasteiger partial charge in [-0.3, -0.25) is 0 Å². The molecule has 0 aliphatic carbocycles. The molecule has 1 N–H and O–H groups in total. The molecule has 0 amide bonds. The molecular weight excluding hydrogens is 421 g/mol. The molecule has 1 aliphatic rings. The van der Waals surface area contributed by atoms with Crippen LogP contribution in [0.5, 0.6) is 0 Å². The predicted octanol–water partition coefficient (Wildman–Crippen LogP) is 6.92. The average Bonchev–Trinajstić information content (AvgIpc) is 3.00. The average molecular weight is 441 g/mol. The summed E-state index contributed by atoms with van der Waals surface area (Å²) in [6.07, 6.45) is -3.97. The van der Waals surface area contributed by atoms with Gasteiger partial charge in [0.1, 0.15) is 4.62 Å². The van der Waals surface area contributed by atoms with E-state index in [9.17, 15) is 13.2 Å². The summed E-state index contributed by atoms with van der Waals surface area (Å²) in [6, 6.07) is 11.1. The van der Waals surface area contributed by atoms with Crippen LogP contribution in [0.4, 0.5) is 24.5 Å². The molecule has 1 unspecified atom stereocenters. The number of oxime groups is 1. The molecule has 1 aliphatic heterocycles. The molecule has 0 saturated carbocycles. The fraction of sp³-hybridized carbons (Fsp3) is 0.350. The zero-order valence-electron chi connectivity index (χ0n) is 15.2. The minimum Gasteiger partial charge on any atom is -0.386 e. The third kappa shape index (κ3) is 4.64. The van der Waals surface area contributed by atoms with Crippen LogP contribution >= 0.6 is 15.9 Å². The van der Waals surface area contributed by atoms with Crippen molar-refractivity contribution in [2.75, 3.05) is 5.32 Å². The second kappa shape index (κ2) is 7.19. The van der Waals surface area contributed by atoms with Crippen molar-refractivity contribution in [3.05, 3.63) is 59.2 Å². The maximum atomic E-state index is 13.0. The van der Waals surface area contributed by atoms with Crippen LogP contribution in [-0.4, -0.2) is 4.62 Å². The highest BCUT2D eigenvalue weighted by molar-refractivity contribution is 9.18. The monoisotopic (exact) mass is 440 g/mol. The van der Waals surface area contributed by atoms with Gasteiger partial charge in [0.2, 0.25) is 0 Å². The summed E-state index contributed by atoms with van der Waals surface area (Å²) in [5.41, 5.74) is 2.19. The molecule has 1 atom stereocenters. The van der Waals surface area contributed by atoms with Crippen molar-refractivity contribution in [2.24, 2.45) is 5.16 Å². The van der Waals surface area contributed by atoms with Gasteiger partial charge in [0.05, 0.1) is 5.56 Å². The summed E-state index contributed by atoms with van der Waals surface area (Å²) >= 11 is 3.32. The maximum Gasteiger partial charge on any atom is 0.416 e. The first-order valence-electron chi connectivity index (χ1n) is 8.51. The van der Waals surface area contributed by atoms with Crippen molar-refractivity contribution in [1.29, 1.82) is 0 Å². The lowest BCUT2D eigenvalue weighted by Gasteiger charge is -2.25. The largest absolute Gasteiger partial charge is 0.416 e. The molecular formula is C20H20BrF3N2O. The molecule has 0 bridgehead atoms. The van der Waals surface area contributed by atoms with E-state index in [1.165, 1.54) is 6.07 Å². The van der Waals surface area contributed by atoms with Crippen LogP contribution in [0.1, 0.15) is 50.0 Å². The minimum absolute atomic E-state index is 0.184. The lowest BCUT2D eigenvalue weighted by molar-refractivity contribution is -0.137. The van der Waals surface area contributed by atoms with E-state index in [0.717, 1.165) is 33.6 Å². The van der Waals surface area contributed by atoms with E-state index in [1.807, 2.05) is 18.2 Å². The Kier molecular flexibility index (Phi) is 5.25. The number of benzene rings is 2. The summed E-state index contributed by atoms with van der Waals surface area (Å²) in [6.45, 7) is 6.18. The fourth-order valence-electron chi connectivity index (χ4n) is 2.98. The topological polar surface area (TPSA) is 33.6 Å². The Labute approximate surface area is 164 Å². The lowest BCUT2D eigenvalue weighted by Crippen LogP contribution is -2.14. The number of nitrogens with one attached hydrogen (secondary N) is 1. The summed E-state index contributed by atoms with van der Waals surface area (Å²) in [7, 11) is 0. The van der Waals surface area contributed by atoms with E-state index in [1.54, 1.807) is 6.07 Å². The van der Waals surface area contributed by atoms with Crippen LogP contribution in [0.15, 0.2) is 47.6 Å². The Morgan fingerprint density at radius 2 is 1.85 bits per heavy atom. The number of halogens is 4. The van der Waals surface area contributed by atoms with Gasteiger partial charge in [-0.15, -0.1) is 0 Å². The molecule has 0 fully saturated rings. The van der Waals surface area contributed by atoms with E-state index < -0.39 is 11.7 Å². The van der Waals surface area contributed by atoms with Crippen LogP contribution in [0.3, 0.4) is 0 Å². The van der Waals surface area contributed by atoms with Crippen molar-refractivity contribution in [1.82, 2.24) is 0 Å². The number of hydrogen-bond acceptors (Lipinski definition) is 3. The molecule has 3 nitrogen and oxygen atoms in total. The highest BCUT2D eigenvalue weighted by Crippen LogP contribution is 2.38. The van der Waals surface area contributed by atoms with Gasteiger partial charge in [-0.2, -0.15) is 13.2 Å². The number of alkyl halides is 3. The highest BCUT2D eigenvalue weighted by atomic mass is 79.9. The molecule has 144 valence electrons. The van der Waals surface area contributed by atoms with E-state index in [2.05, 4.69) is 47.2 Å². The minimum atomic E-state index is -4.38. The Balaban J connectivity index is 1.97. The Morgan fingerprint density at radius 3 is 2.44 bits per heavy atom. The molecule has 0 aromatic heterocycles. The van der Waals surface area contributed by atoms with Gasteiger partial charge in [-0.05, 0) is 56.7 Å². The zero-order valence-corrected chi connectivity index (χ0v) is 16.8. The third-order valence-electron chi connectivity index (χ3n) is 4.33. The molecule has 1 heterocycles. The smallest absolute Gasteiger partial charge is 0.386 e. The summed E-state index contributed by atoms with van der Waals surface area (Å²) in [5.74, 6) is 0. The number of nitrogens with zero attached hydrogens (tertiary/aromatic N) is 1. The van der Waals surface area contributed by atoms with E-state index in [0.29, 0.717) is 12.1 Å². The molecule has 3 rings (SSSR count). The van der Waals surface area contributed by atoms with Crippen molar-refractivity contribution < 1.29 is 18.0 Å². The van der Waals surface area contributed by atoms with Gasteiger partial charge in [0.25, 0.3) is 0 Å². The standard InChI is InChI=1S/C20H20BrF3N2O/c1-19(2,3)15-8-7-12(17-11-18(21)26-27-17)9-16(15)25-14-6-4-5-13(10-14)20(22,23)24/h4-10,17,25H,11H2,1-3H3. The Morgan fingerprint density at radius 1 is 1.11 bits per heavy atom. The van der Waals surface area contributed by atoms with Crippen LogP contribution < -0.4 is 5.32 Å². The normalized spacial score (nSPS) is 17.4. The quantitative estimate of drug-likeness (QED) is 0.561. The van der Waals surface area contributed by atoms with Gasteiger partial charge < -0.3 is 10.2 Å². The highest BCUT2D eigenvalue weighted by Gasteiger charge is 2.30. The number of anilines is 2. The Bertz CT molecular complexity index is 872. The first-order valence-corrected chi connectivity index (χ1v) is 9.30. The van der Waals surface area contributed by atoms with Gasteiger partial charge >= 0.3 is 6.18 Å². The first kappa shape index (κ1) is 19.7. The number of rotatable bonds is 3. The SMILES string of the molecule is CC(C)(C)c1ccc(C2CC(Br)=NO2)cc1Nc1cccc(C(F)(F)F)c1. The van der Waals surface area contributed by atoms with Crippen molar-refractivity contribution in [3.8, 4) is 0 Å². The van der Waals surface area contributed by atoms with E-state index in [4.69, 9.17) is 4.84 Å². The predicted molar refractivity (Wildman–Crippen MR) is 105 cm³/mol. The maximum absolute atomic E-state index is 13.0. The summed E-state index contributed by atoms with van der Waals surface area (Å²) in [4.78, 5) is 5.41. The van der Waals surface area contributed by atoms with Gasteiger partial charge in [0.15, 0.2) is 6.10 Å². The molecule has 0 saturated heterocycles. The van der Waals surface area contributed by atoms with Crippen LogP contribution in [0, 0.1) is 0 Å².